The number of likely N-dealkylation sites (N-methyl/N-ethyl adjacent to an activating group) is 1. The molecule has 242 valence electrons. The number of hydrogen-bond acceptors (Lipinski definition) is 9. The van der Waals surface area contributed by atoms with Crippen LogP contribution in [0.25, 0.3) is 0 Å². The second-order valence-electron chi connectivity index (χ2n) is 10.2. The maximum absolute atomic E-state index is 9.22. The van der Waals surface area contributed by atoms with Gasteiger partial charge in [0.2, 0.25) is 16.7 Å². The molecule has 47 heavy (non-hydrogen) atoms. The standard InChI is InChI=1S/C34H34N7.CH4O4S/c1-3-41(25-24-40-23-22-39(2)27-40)33-20-18-32(19-21-33)37-36-31-16-14-28(15-17-31)26-35-38-34(29-10-6-4-7-11-29)30-12-8-5-9-13-30;1-5-6(2,3)4/h4-23,26-27H,3,24-25H2,1-2H3;1H3,(H,2,3,4)/q+1;/p-1. The zero-order chi connectivity index (χ0) is 33.5. The van der Waals surface area contributed by atoms with Crippen LogP contribution in [-0.2, 0) is 28.2 Å². The van der Waals surface area contributed by atoms with Crippen molar-refractivity contribution >= 4 is 39.4 Å². The molecule has 0 radical (unpaired) electrons. The number of azo groups is 1. The van der Waals surface area contributed by atoms with Crippen LogP contribution in [0.5, 0.6) is 0 Å². The first-order valence-electron chi connectivity index (χ1n) is 14.8. The molecular formula is C35H37N7O4S. The average molecular weight is 652 g/mol. The Kier molecular flexibility index (Phi) is 12.8. The average Bonchev–Trinajstić information content (AvgIpc) is 3.52. The van der Waals surface area contributed by atoms with Crippen molar-refractivity contribution in [3.8, 4) is 0 Å². The van der Waals surface area contributed by atoms with Gasteiger partial charge in [-0.15, -0.1) is 5.10 Å². The summed E-state index contributed by atoms with van der Waals surface area (Å²) in [6.07, 6.45) is 8.00. The third kappa shape index (κ3) is 11.5. The quantitative estimate of drug-likeness (QED) is 0.0395. The Hall–Kier alpha value is -5.30. The van der Waals surface area contributed by atoms with Crippen molar-refractivity contribution in [3.63, 3.8) is 0 Å². The molecule has 0 saturated heterocycles. The minimum Gasteiger partial charge on any atom is -0.726 e. The highest BCUT2D eigenvalue weighted by molar-refractivity contribution is 7.80. The van der Waals surface area contributed by atoms with Gasteiger partial charge < -0.3 is 9.45 Å². The van der Waals surface area contributed by atoms with Crippen LogP contribution < -0.4 is 9.47 Å². The highest BCUT2D eigenvalue weighted by Gasteiger charge is 2.08. The molecule has 0 unspecified atom stereocenters. The van der Waals surface area contributed by atoms with Crippen molar-refractivity contribution in [3.05, 3.63) is 145 Å². The maximum Gasteiger partial charge on any atom is 0.243 e. The van der Waals surface area contributed by atoms with Crippen LogP contribution in [0.15, 0.2) is 148 Å². The lowest BCUT2D eigenvalue weighted by molar-refractivity contribution is -0.693. The lowest BCUT2D eigenvalue weighted by Crippen LogP contribution is -2.39. The molecule has 0 bridgehead atoms. The van der Waals surface area contributed by atoms with Crippen molar-refractivity contribution in [1.82, 2.24) is 4.57 Å². The van der Waals surface area contributed by atoms with E-state index in [2.05, 4.69) is 76.4 Å². The fourth-order valence-electron chi connectivity index (χ4n) is 4.44. The van der Waals surface area contributed by atoms with Crippen molar-refractivity contribution in [2.75, 3.05) is 25.1 Å². The van der Waals surface area contributed by atoms with E-state index >= 15 is 0 Å². The molecule has 0 amide bonds. The summed E-state index contributed by atoms with van der Waals surface area (Å²) in [7, 11) is -1.57. The smallest absolute Gasteiger partial charge is 0.243 e. The number of anilines is 1. The Morgan fingerprint density at radius 3 is 1.87 bits per heavy atom. The minimum atomic E-state index is -4.41. The Morgan fingerprint density at radius 1 is 0.872 bits per heavy atom. The normalized spacial score (nSPS) is 11.3. The molecule has 0 N–H and O–H groups in total. The molecule has 0 spiro atoms. The van der Waals surface area contributed by atoms with Crippen molar-refractivity contribution in [1.29, 1.82) is 0 Å². The number of nitrogens with zero attached hydrogens (tertiary/aromatic N) is 7. The molecule has 11 nitrogen and oxygen atoms in total. The van der Waals surface area contributed by atoms with Gasteiger partial charge in [0, 0.05) is 23.4 Å². The van der Waals surface area contributed by atoms with E-state index in [1.54, 1.807) is 6.21 Å². The van der Waals surface area contributed by atoms with Gasteiger partial charge in [-0.05, 0) is 48.9 Å². The Morgan fingerprint density at radius 2 is 1.40 bits per heavy atom. The predicted molar refractivity (Wildman–Crippen MR) is 183 cm³/mol. The molecular weight excluding hydrogens is 614 g/mol. The summed E-state index contributed by atoms with van der Waals surface area (Å²) >= 11 is 0. The van der Waals surface area contributed by atoms with Crippen LogP contribution in [-0.4, -0.2) is 49.7 Å². The van der Waals surface area contributed by atoms with Gasteiger partial charge in [-0.2, -0.15) is 15.3 Å². The van der Waals surface area contributed by atoms with Gasteiger partial charge in [0.1, 0.15) is 24.7 Å². The van der Waals surface area contributed by atoms with E-state index in [0.29, 0.717) is 0 Å². The molecule has 5 rings (SSSR count). The minimum absolute atomic E-state index is 0.777. The van der Waals surface area contributed by atoms with Gasteiger partial charge in [0.25, 0.3) is 0 Å². The molecule has 0 saturated carbocycles. The summed E-state index contributed by atoms with van der Waals surface area (Å²) in [4.78, 5) is 2.36. The molecule has 12 heteroatoms. The molecule has 5 aromatic rings. The summed E-state index contributed by atoms with van der Waals surface area (Å²) in [6.45, 7) is 4.99. The largest absolute Gasteiger partial charge is 0.726 e. The molecule has 1 aromatic heterocycles. The van der Waals surface area contributed by atoms with Crippen LogP contribution in [0, 0.1) is 0 Å². The lowest BCUT2D eigenvalue weighted by atomic mass is 10.0. The van der Waals surface area contributed by atoms with E-state index in [-0.39, 0.29) is 0 Å². The first-order chi connectivity index (χ1) is 22.7. The zero-order valence-corrected chi connectivity index (χ0v) is 27.3. The van der Waals surface area contributed by atoms with Gasteiger partial charge in [-0.25, -0.2) is 17.6 Å². The van der Waals surface area contributed by atoms with Gasteiger partial charge in [0.15, 0.2) is 0 Å². The number of imidazole rings is 1. The van der Waals surface area contributed by atoms with Gasteiger partial charge in [-0.3, -0.25) is 4.18 Å². The first-order valence-corrected chi connectivity index (χ1v) is 16.2. The number of benzene rings is 4. The van der Waals surface area contributed by atoms with Gasteiger partial charge >= 0.3 is 0 Å². The summed E-state index contributed by atoms with van der Waals surface area (Å²) in [5.41, 5.74) is 6.58. The monoisotopic (exact) mass is 651 g/mol. The lowest BCUT2D eigenvalue weighted by Gasteiger charge is -2.22. The van der Waals surface area contributed by atoms with Crippen LogP contribution in [0.4, 0.5) is 17.1 Å². The molecule has 0 aliphatic rings. The number of rotatable bonds is 12. The third-order valence-corrected chi connectivity index (χ3v) is 7.29. The first kappa shape index (κ1) is 34.6. The van der Waals surface area contributed by atoms with Crippen molar-refractivity contribution in [2.45, 2.75) is 13.5 Å². The highest BCUT2D eigenvalue weighted by Crippen LogP contribution is 2.22. The third-order valence-electron chi connectivity index (χ3n) is 6.89. The second kappa shape index (κ2) is 17.4. The topological polar surface area (TPSA) is 128 Å². The predicted octanol–water partition coefficient (Wildman–Crippen LogP) is 6.22. The highest BCUT2D eigenvalue weighted by atomic mass is 32.3. The number of aromatic nitrogens is 2. The zero-order valence-electron chi connectivity index (χ0n) is 26.5. The molecule has 4 aromatic carbocycles. The van der Waals surface area contributed by atoms with Crippen LogP contribution >= 0.6 is 0 Å². The van der Waals surface area contributed by atoms with E-state index < -0.39 is 10.4 Å². The fourth-order valence-corrected chi connectivity index (χ4v) is 4.44. The Balaban J connectivity index is 0.000000762. The second-order valence-corrected chi connectivity index (χ2v) is 11.4. The van der Waals surface area contributed by atoms with E-state index in [1.807, 2.05) is 104 Å². The molecule has 0 atom stereocenters. The maximum atomic E-state index is 9.22. The van der Waals surface area contributed by atoms with Crippen LogP contribution in [0.1, 0.15) is 23.6 Å². The molecule has 0 fully saturated rings. The summed E-state index contributed by atoms with van der Waals surface area (Å²) in [5, 5.41) is 17.8. The summed E-state index contributed by atoms with van der Waals surface area (Å²) < 4.78 is 35.3. The Labute approximate surface area is 275 Å². The Bertz CT molecular complexity index is 1830. The van der Waals surface area contributed by atoms with Gasteiger partial charge in [-0.1, -0.05) is 72.8 Å². The van der Waals surface area contributed by atoms with E-state index in [4.69, 9.17) is 0 Å². The van der Waals surface area contributed by atoms with E-state index in [1.165, 1.54) is 5.69 Å². The number of hydrogen-bond donors (Lipinski definition) is 0. The van der Waals surface area contributed by atoms with Crippen LogP contribution in [0.3, 0.4) is 0 Å². The SMILES string of the molecule is CCN(CC[n+]1ccn(C)c1)c1ccc(N=Nc2ccc(C=NN=C(c3ccccc3)c3ccccc3)cc2)cc1.COS(=O)(=O)[O-]. The van der Waals surface area contributed by atoms with Crippen LogP contribution in [0.2, 0.25) is 0 Å². The summed E-state index contributed by atoms with van der Waals surface area (Å²) in [5.74, 6) is 0. The van der Waals surface area contributed by atoms with E-state index in [9.17, 15) is 13.0 Å². The summed E-state index contributed by atoms with van der Waals surface area (Å²) in [6, 6.07) is 36.2. The van der Waals surface area contributed by atoms with E-state index in [0.717, 1.165) is 60.5 Å². The molecule has 1 heterocycles. The van der Waals surface area contributed by atoms with Crippen molar-refractivity contribution < 1.29 is 21.7 Å². The molecule has 0 aliphatic carbocycles. The van der Waals surface area contributed by atoms with Crippen molar-refractivity contribution in [2.24, 2.45) is 27.5 Å². The molecule has 0 aliphatic heterocycles. The fraction of sp³-hybridized carbons (Fsp3) is 0.171. The number of aryl methyl sites for hydroxylation is 1. The van der Waals surface area contributed by atoms with Gasteiger partial charge in [0.05, 0.1) is 38.3 Å².